The van der Waals surface area contributed by atoms with E-state index in [9.17, 15) is 10.1 Å². The first-order valence-corrected chi connectivity index (χ1v) is 6.12. The molecule has 1 aliphatic heterocycles. The van der Waals surface area contributed by atoms with Gasteiger partial charge in [0.15, 0.2) is 5.13 Å². The van der Waals surface area contributed by atoms with Crippen molar-refractivity contribution in [1.82, 2.24) is 10.3 Å². The third kappa shape index (κ3) is 2.89. The molecule has 0 spiro atoms. The highest BCUT2D eigenvalue weighted by Crippen LogP contribution is 2.25. The van der Waals surface area contributed by atoms with E-state index in [0.29, 0.717) is 11.0 Å². The molecule has 16 heavy (non-hydrogen) atoms. The Hall–Kier alpha value is -1.21. The smallest absolute Gasteiger partial charge is 0.345 e. The van der Waals surface area contributed by atoms with E-state index >= 15 is 0 Å². The molecule has 1 saturated heterocycles. The molecule has 1 aromatic rings. The van der Waals surface area contributed by atoms with Gasteiger partial charge < -0.3 is 10.6 Å². The zero-order valence-corrected chi connectivity index (χ0v) is 9.63. The second-order valence-electron chi connectivity index (χ2n) is 3.84. The molecular weight excluding hydrogens is 228 g/mol. The molecule has 2 N–H and O–H groups in total. The summed E-state index contributed by atoms with van der Waals surface area (Å²) in [6.07, 6.45) is 3.61. The number of hydrogen-bond acceptors (Lipinski definition) is 6. The zero-order valence-electron chi connectivity index (χ0n) is 8.81. The Morgan fingerprint density at radius 2 is 2.38 bits per heavy atom. The van der Waals surface area contributed by atoms with E-state index in [2.05, 4.69) is 15.6 Å². The Kier molecular flexibility index (Phi) is 3.68. The molecule has 88 valence electrons. The largest absolute Gasteiger partial charge is 0.361 e. The van der Waals surface area contributed by atoms with Gasteiger partial charge in [-0.2, -0.15) is 0 Å². The van der Waals surface area contributed by atoms with Crippen molar-refractivity contribution in [2.45, 2.75) is 12.8 Å². The maximum atomic E-state index is 10.5. The van der Waals surface area contributed by atoms with Crippen LogP contribution in [0.5, 0.6) is 0 Å². The van der Waals surface area contributed by atoms with Crippen molar-refractivity contribution in [1.29, 1.82) is 0 Å². The molecule has 0 bridgehead atoms. The van der Waals surface area contributed by atoms with Crippen LogP contribution >= 0.6 is 11.3 Å². The molecule has 6 nitrogen and oxygen atoms in total. The Labute approximate surface area is 97.2 Å². The highest BCUT2D eigenvalue weighted by atomic mass is 32.1. The van der Waals surface area contributed by atoms with Crippen molar-refractivity contribution in [3.8, 4) is 0 Å². The lowest BCUT2D eigenvalue weighted by Crippen LogP contribution is -2.31. The van der Waals surface area contributed by atoms with Crippen LogP contribution in [0.25, 0.3) is 0 Å². The molecule has 1 aliphatic rings. The van der Waals surface area contributed by atoms with Crippen LogP contribution < -0.4 is 10.6 Å². The Bertz CT molecular complexity index is 362. The van der Waals surface area contributed by atoms with Crippen molar-refractivity contribution in [3.05, 3.63) is 16.3 Å². The van der Waals surface area contributed by atoms with Gasteiger partial charge in [-0.1, -0.05) is 0 Å². The van der Waals surface area contributed by atoms with Crippen LogP contribution in [0.2, 0.25) is 0 Å². The molecule has 0 aliphatic carbocycles. The van der Waals surface area contributed by atoms with Gasteiger partial charge in [-0.05, 0) is 43.2 Å². The van der Waals surface area contributed by atoms with E-state index < -0.39 is 4.92 Å². The number of anilines is 1. The van der Waals surface area contributed by atoms with Crippen LogP contribution in [0.15, 0.2) is 6.20 Å². The lowest BCUT2D eigenvalue weighted by atomic mass is 9.98. The number of hydrogen-bond donors (Lipinski definition) is 2. The summed E-state index contributed by atoms with van der Waals surface area (Å²) in [6, 6.07) is 0. The average Bonchev–Trinajstić information content (AvgIpc) is 2.76. The average molecular weight is 242 g/mol. The molecule has 0 saturated carbocycles. The highest BCUT2D eigenvalue weighted by Gasteiger charge is 2.15. The van der Waals surface area contributed by atoms with E-state index in [0.717, 1.165) is 43.8 Å². The maximum Gasteiger partial charge on any atom is 0.345 e. The van der Waals surface area contributed by atoms with Gasteiger partial charge in [0.2, 0.25) is 0 Å². The monoisotopic (exact) mass is 242 g/mol. The predicted molar refractivity (Wildman–Crippen MR) is 62.9 cm³/mol. The van der Waals surface area contributed by atoms with Gasteiger partial charge in [0.25, 0.3) is 0 Å². The van der Waals surface area contributed by atoms with E-state index in [1.165, 1.54) is 6.20 Å². The van der Waals surface area contributed by atoms with Gasteiger partial charge in [0.05, 0.1) is 4.92 Å². The summed E-state index contributed by atoms with van der Waals surface area (Å²) in [6.45, 7) is 2.97. The molecule has 0 radical (unpaired) electrons. The third-order valence-corrected chi connectivity index (χ3v) is 3.58. The topological polar surface area (TPSA) is 80.1 Å². The maximum absolute atomic E-state index is 10.5. The first kappa shape index (κ1) is 11.3. The quantitative estimate of drug-likeness (QED) is 0.617. The van der Waals surface area contributed by atoms with E-state index in [4.69, 9.17) is 0 Å². The second kappa shape index (κ2) is 5.22. The first-order valence-electron chi connectivity index (χ1n) is 5.30. The molecule has 2 rings (SSSR count). The van der Waals surface area contributed by atoms with Crippen LogP contribution in [0, 0.1) is 16.0 Å². The first-order chi connectivity index (χ1) is 7.75. The highest BCUT2D eigenvalue weighted by molar-refractivity contribution is 7.18. The van der Waals surface area contributed by atoms with Crippen molar-refractivity contribution in [2.24, 2.45) is 5.92 Å². The molecule has 1 fully saturated rings. The van der Waals surface area contributed by atoms with Crippen LogP contribution in [-0.2, 0) is 0 Å². The number of aromatic nitrogens is 1. The molecule has 2 heterocycles. The van der Waals surface area contributed by atoms with Gasteiger partial charge in [0.1, 0.15) is 6.20 Å². The molecule has 0 aromatic carbocycles. The number of nitrogens with zero attached hydrogens (tertiary/aromatic N) is 2. The fourth-order valence-electron chi connectivity index (χ4n) is 1.75. The lowest BCUT2D eigenvalue weighted by Gasteiger charge is -2.22. The van der Waals surface area contributed by atoms with Crippen molar-refractivity contribution in [3.63, 3.8) is 0 Å². The Morgan fingerprint density at radius 3 is 3.00 bits per heavy atom. The van der Waals surface area contributed by atoms with Crippen LogP contribution in [0.1, 0.15) is 12.8 Å². The Balaban J connectivity index is 1.81. The van der Waals surface area contributed by atoms with E-state index in [-0.39, 0.29) is 5.00 Å². The minimum absolute atomic E-state index is 0.0906. The summed E-state index contributed by atoms with van der Waals surface area (Å²) in [5.74, 6) is 0.643. The fourth-order valence-corrected chi connectivity index (χ4v) is 2.39. The summed E-state index contributed by atoms with van der Waals surface area (Å²) < 4.78 is 0. The summed E-state index contributed by atoms with van der Waals surface area (Å²) in [4.78, 5) is 14.0. The van der Waals surface area contributed by atoms with Crippen molar-refractivity contribution < 1.29 is 4.92 Å². The second-order valence-corrected chi connectivity index (χ2v) is 4.84. The third-order valence-electron chi connectivity index (χ3n) is 2.67. The zero-order chi connectivity index (χ0) is 11.4. The van der Waals surface area contributed by atoms with Gasteiger partial charge in [-0.3, -0.25) is 10.1 Å². The van der Waals surface area contributed by atoms with Gasteiger partial charge >= 0.3 is 5.00 Å². The predicted octanol–water partition coefficient (Wildman–Crippen LogP) is 1.46. The van der Waals surface area contributed by atoms with Gasteiger partial charge in [-0.15, -0.1) is 0 Å². The normalized spacial score (nSPS) is 17.2. The minimum atomic E-state index is -0.409. The Morgan fingerprint density at radius 1 is 1.62 bits per heavy atom. The number of thiazole rings is 1. The van der Waals surface area contributed by atoms with Crippen molar-refractivity contribution in [2.75, 3.05) is 25.0 Å². The summed E-state index contributed by atoms with van der Waals surface area (Å²) in [5, 5.41) is 17.7. The van der Waals surface area contributed by atoms with Crippen LogP contribution in [-0.4, -0.2) is 29.5 Å². The van der Waals surface area contributed by atoms with E-state index in [1.807, 2.05) is 0 Å². The number of rotatable bonds is 4. The van der Waals surface area contributed by atoms with Gasteiger partial charge in [0, 0.05) is 6.54 Å². The van der Waals surface area contributed by atoms with Crippen molar-refractivity contribution >= 4 is 21.5 Å². The summed E-state index contributed by atoms with van der Waals surface area (Å²) >= 11 is 1.09. The standard InChI is InChI=1S/C9H14N4O2S/c14-13(15)8-6-12-9(16-8)11-5-7-1-3-10-4-2-7/h6-7,10H,1-5H2,(H,11,12). The van der Waals surface area contributed by atoms with E-state index in [1.54, 1.807) is 0 Å². The molecule has 1 aromatic heterocycles. The van der Waals surface area contributed by atoms with Crippen LogP contribution in [0.3, 0.4) is 0 Å². The summed E-state index contributed by atoms with van der Waals surface area (Å²) in [7, 11) is 0. The van der Waals surface area contributed by atoms with Crippen LogP contribution in [0.4, 0.5) is 10.1 Å². The summed E-state index contributed by atoms with van der Waals surface area (Å²) in [5.41, 5.74) is 0. The van der Waals surface area contributed by atoms with Gasteiger partial charge in [-0.25, -0.2) is 4.98 Å². The number of nitro groups is 1. The molecule has 7 heteroatoms. The molecule has 0 unspecified atom stereocenters. The SMILES string of the molecule is O=[N+]([O-])c1cnc(NCC2CCNCC2)s1. The molecule has 0 atom stereocenters. The molecule has 0 amide bonds. The fraction of sp³-hybridized carbons (Fsp3) is 0.667. The molecular formula is C9H14N4O2S. The lowest BCUT2D eigenvalue weighted by molar-refractivity contribution is -0.380. The number of nitrogens with one attached hydrogen (secondary N) is 2. The minimum Gasteiger partial charge on any atom is -0.361 e. The number of piperidine rings is 1.